The number of benzene rings is 1. The highest BCUT2D eigenvalue weighted by molar-refractivity contribution is 7.17. The molecule has 0 atom stereocenters. The summed E-state index contributed by atoms with van der Waals surface area (Å²) in [5.74, 6) is 2.77. The number of nitrogens with zero attached hydrogens (tertiary/aromatic N) is 3. The summed E-state index contributed by atoms with van der Waals surface area (Å²) >= 11 is 1.80. The average molecular weight is 477 g/mol. The normalized spacial score (nSPS) is 14.8. The lowest BCUT2D eigenvalue weighted by molar-refractivity contribution is 0.215. The Morgan fingerprint density at radius 2 is 1.94 bits per heavy atom. The number of aryl methyl sites for hydroxylation is 3. The molecule has 1 saturated heterocycles. The number of fused-ring (bicyclic) bond motifs is 1. The highest BCUT2D eigenvalue weighted by atomic mass is 32.1. The van der Waals surface area contributed by atoms with E-state index in [1.807, 2.05) is 0 Å². The van der Waals surface area contributed by atoms with E-state index in [9.17, 15) is 0 Å². The lowest BCUT2D eigenvalue weighted by Gasteiger charge is -2.22. The molecule has 0 bridgehead atoms. The molecule has 34 heavy (non-hydrogen) atoms. The fourth-order valence-corrected chi connectivity index (χ4v) is 5.89. The Morgan fingerprint density at radius 3 is 2.71 bits per heavy atom. The van der Waals surface area contributed by atoms with E-state index in [4.69, 9.17) is 9.72 Å². The maximum atomic E-state index is 6.06. The zero-order valence-electron chi connectivity index (χ0n) is 20.4. The van der Waals surface area contributed by atoms with Crippen LogP contribution in [-0.4, -0.2) is 33.8 Å². The Kier molecular flexibility index (Phi) is 7.36. The van der Waals surface area contributed by atoms with Crippen molar-refractivity contribution in [3.05, 3.63) is 59.2 Å². The van der Waals surface area contributed by atoms with E-state index in [1.165, 1.54) is 40.0 Å². The largest absolute Gasteiger partial charge is 0.493 e. The first kappa shape index (κ1) is 23.2. The standard InChI is InChI=1S/C28H36N4OS/c1-3-5-23-19-30-28(26-18-27-25(31(26)2)13-17-34-27)32(23)16-4-6-21-7-9-24(10-8-21)33-20-22-11-14-29-15-12-22/h7-10,13,17-19,22,29H,3-6,11-12,14-16,20H2,1-2H3. The van der Waals surface area contributed by atoms with Crippen LogP contribution in [0.5, 0.6) is 5.75 Å². The third-order valence-electron chi connectivity index (χ3n) is 7.05. The van der Waals surface area contributed by atoms with Crippen LogP contribution < -0.4 is 10.1 Å². The molecule has 0 amide bonds. The molecule has 1 aliphatic rings. The van der Waals surface area contributed by atoms with Crippen molar-refractivity contribution in [2.75, 3.05) is 19.7 Å². The Balaban J connectivity index is 1.22. The number of thiophene rings is 1. The molecule has 0 radical (unpaired) electrons. The Hall–Kier alpha value is -2.57. The molecular weight excluding hydrogens is 440 g/mol. The van der Waals surface area contributed by atoms with Crippen molar-refractivity contribution in [2.24, 2.45) is 13.0 Å². The van der Waals surface area contributed by atoms with E-state index in [0.29, 0.717) is 5.92 Å². The summed E-state index contributed by atoms with van der Waals surface area (Å²) < 4.78 is 12.1. The van der Waals surface area contributed by atoms with Gasteiger partial charge in [-0.05, 0) is 86.3 Å². The van der Waals surface area contributed by atoms with Crippen LogP contribution in [0.3, 0.4) is 0 Å². The summed E-state index contributed by atoms with van der Waals surface area (Å²) in [6.07, 6.45) is 8.86. The van der Waals surface area contributed by atoms with E-state index in [2.05, 4.69) is 76.4 Å². The predicted molar refractivity (Wildman–Crippen MR) is 142 cm³/mol. The molecule has 180 valence electrons. The third kappa shape index (κ3) is 5.08. The van der Waals surface area contributed by atoms with Crippen LogP contribution >= 0.6 is 11.3 Å². The quantitative estimate of drug-likeness (QED) is 0.302. The maximum absolute atomic E-state index is 6.06. The molecule has 5 nitrogen and oxygen atoms in total. The lowest BCUT2D eigenvalue weighted by Crippen LogP contribution is -2.30. The first-order chi connectivity index (χ1) is 16.7. The summed E-state index contributed by atoms with van der Waals surface area (Å²) in [7, 11) is 2.15. The van der Waals surface area contributed by atoms with Gasteiger partial charge in [-0.25, -0.2) is 4.98 Å². The van der Waals surface area contributed by atoms with Crippen LogP contribution in [0.4, 0.5) is 0 Å². The molecule has 5 rings (SSSR count). The van der Waals surface area contributed by atoms with Gasteiger partial charge in [0.25, 0.3) is 0 Å². The van der Waals surface area contributed by atoms with Gasteiger partial charge >= 0.3 is 0 Å². The SMILES string of the molecule is CCCc1cnc(-c2cc3sccc3n2C)n1CCCc1ccc(OCC2CCNCC2)cc1. The van der Waals surface area contributed by atoms with Gasteiger partial charge in [0.05, 0.1) is 22.5 Å². The van der Waals surface area contributed by atoms with Crippen LogP contribution in [0.15, 0.2) is 48.0 Å². The molecule has 1 aliphatic heterocycles. The van der Waals surface area contributed by atoms with Gasteiger partial charge < -0.3 is 19.2 Å². The van der Waals surface area contributed by atoms with Crippen molar-refractivity contribution in [3.63, 3.8) is 0 Å². The zero-order valence-corrected chi connectivity index (χ0v) is 21.2. The summed E-state index contributed by atoms with van der Waals surface area (Å²) in [6.45, 7) is 6.30. The molecule has 0 unspecified atom stereocenters. The third-order valence-corrected chi connectivity index (χ3v) is 7.91. The highest BCUT2D eigenvalue weighted by Crippen LogP contribution is 2.31. The zero-order chi connectivity index (χ0) is 23.3. The lowest BCUT2D eigenvalue weighted by atomic mass is 9.99. The summed E-state index contributed by atoms with van der Waals surface area (Å²) in [4.78, 5) is 4.86. The molecule has 0 saturated carbocycles. The van der Waals surface area contributed by atoms with Crippen LogP contribution in [0, 0.1) is 5.92 Å². The number of ether oxygens (including phenoxy) is 1. The monoisotopic (exact) mass is 476 g/mol. The van der Waals surface area contributed by atoms with Gasteiger partial charge in [0.2, 0.25) is 0 Å². The van der Waals surface area contributed by atoms with E-state index in [0.717, 1.165) is 63.5 Å². The van der Waals surface area contributed by atoms with E-state index >= 15 is 0 Å². The van der Waals surface area contributed by atoms with Crippen molar-refractivity contribution in [2.45, 2.75) is 52.0 Å². The van der Waals surface area contributed by atoms with E-state index < -0.39 is 0 Å². The first-order valence-electron chi connectivity index (χ1n) is 12.7. The van der Waals surface area contributed by atoms with Crippen LogP contribution in [-0.2, 0) is 26.4 Å². The van der Waals surface area contributed by atoms with Crippen molar-refractivity contribution in [1.82, 2.24) is 19.4 Å². The smallest absolute Gasteiger partial charge is 0.156 e. The minimum atomic E-state index is 0.683. The molecule has 6 heteroatoms. The van der Waals surface area contributed by atoms with E-state index in [1.54, 1.807) is 11.3 Å². The molecule has 4 aromatic rings. The number of aromatic nitrogens is 3. The maximum Gasteiger partial charge on any atom is 0.156 e. The van der Waals surface area contributed by atoms with Gasteiger partial charge in [-0.2, -0.15) is 0 Å². The van der Waals surface area contributed by atoms with Crippen molar-refractivity contribution >= 4 is 21.6 Å². The van der Waals surface area contributed by atoms with Crippen molar-refractivity contribution in [1.29, 1.82) is 0 Å². The molecule has 1 fully saturated rings. The molecule has 0 aliphatic carbocycles. The number of hydrogen-bond acceptors (Lipinski definition) is 4. The van der Waals surface area contributed by atoms with Gasteiger partial charge in [-0.1, -0.05) is 25.5 Å². The highest BCUT2D eigenvalue weighted by Gasteiger charge is 2.17. The van der Waals surface area contributed by atoms with Gasteiger partial charge in [0.1, 0.15) is 5.75 Å². The summed E-state index contributed by atoms with van der Waals surface area (Å²) in [6, 6.07) is 13.2. The van der Waals surface area contributed by atoms with Gasteiger partial charge in [-0.15, -0.1) is 11.3 Å². The van der Waals surface area contributed by atoms with E-state index in [-0.39, 0.29) is 0 Å². The topological polar surface area (TPSA) is 44.0 Å². The molecule has 1 aromatic carbocycles. The molecule has 4 heterocycles. The average Bonchev–Trinajstić information content (AvgIpc) is 3.56. The van der Waals surface area contributed by atoms with Gasteiger partial charge in [0, 0.05) is 25.5 Å². The second-order valence-electron chi connectivity index (χ2n) is 9.49. The van der Waals surface area contributed by atoms with Gasteiger partial charge in [-0.3, -0.25) is 0 Å². The molecule has 3 aromatic heterocycles. The Bertz CT molecular complexity index is 1200. The minimum absolute atomic E-state index is 0.683. The first-order valence-corrected chi connectivity index (χ1v) is 13.6. The minimum Gasteiger partial charge on any atom is -0.493 e. The Morgan fingerprint density at radius 1 is 1.12 bits per heavy atom. The fourth-order valence-electron chi connectivity index (χ4n) is 5.04. The van der Waals surface area contributed by atoms with Crippen molar-refractivity contribution in [3.8, 4) is 17.3 Å². The molecular formula is C28H36N4OS. The number of hydrogen-bond donors (Lipinski definition) is 1. The summed E-state index contributed by atoms with van der Waals surface area (Å²) in [5.41, 5.74) is 5.20. The van der Waals surface area contributed by atoms with Crippen molar-refractivity contribution < 1.29 is 4.74 Å². The number of rotatable bonds is 10. The second kappa shape index (κ2) is 10.8. The van der Waals surface area contributed by atoms with Crippen LogP contribution in [0.25, 0.3) is 21.7 Å². The fraction of sp³-hybridized carbons (Fsp3) is 0.464. The number of nitrogens with one attached hydrogen (secondary N) is 1. The number of piperidine rings is 1. The van der Waals surface area contributed by atoms with Crippen LogP contribution in [0.1, 0.15) is 43.9 Å². The number of imidazole rings is 1. The second-order valence-corrected chi connectivity index (χ2v) is 10.4. The molecule has 0 spiro atoms. The van der Waals surface area contributed by atoms with Crippen LogP contribution in [0.2, 0.25) is 0 Å². The Labute approximate surface area is 206 Å². The predicted octanol–water partition coefficient (Wildman–Crippen LogP) is 6.07. The van der Waals surface area contributed by atoms with Gasteiger partial charge in [0.15, 0.2) is 5.82 Å². The summed E-state index contributed by atoms with van der Waals surface area (Å²) in [5, 5.41) is 5.58. The molecule has 1 N–H and O–H groups in total.